The first-order valence-electron chi connectivity index (χ1n) is 3.58. The average Bonchev–Trinajstić information content (AvgIpc) is 2.02. The van der Waals surface area contributed by atoms with Crippen LogP contribution in [0.5, 0.6) is 0 Å². The van der Waals surface area contributed by atoms with Crippen molar-refractivity contribution in [2.24, 2.45) is 0 Å². The molecule has 0 radical (unpaired) electrons. The van der Waals surface area contributed by atoms with Crippen molar-refractivity contribution in [3.05, 3.63) is 28.2 Å². The minimum absolute atomic E-state index is 0.0397. The summed E-state index contributed by atoms with van der Waals surface area (Å²) in [6, 6.07) is 3.93. The SMILES string of the molecule is O=CCS(=O)(=O)c1cc(Cl)cc(Cl)c1. The van der Waals surface area contributed by atoms with Crippen molar-refractivity contribution in [1.29, 1.82) is 0 Å². The standard InChI is InChI=1S/C8H6Cl2O3S/c9-6-3-7(10)5-8(4-6)14(12,13)2-1-11/h1,3-5H,2H2. The summed E-state index contributed by atoms with van der Waals surface area (Å²) in [7, 11) is -3.59. The number of carbonyl (C=O) groups excluding carboxylic acids is 1. The van der Waals surface area contributed by atoms with Gasteiger partial charge in [0.1, 0.15) is 12.0 Å². The van der Waals surface area contributed by atoms with Gasteiger partial charge >= 0.3 is 0 Å². The van der Waals surface area contributed by atoms with Crippen LogP contribution in [-0.4, -0.2) is 20.5 Å². The molecule has 0 aliphatic rings. The number of hydrogen-bond acceptors (Lipinski definition) is 3. The Morgan fingerprint density at radius 1 is 1.14 bits per heavy atom. The van der Waals surface area contributed by atoms with Gasteiger partial charge in [0, 0.05) is 10.0 Å². The second-order valence-corrected chi connectivity index (χ2v) is 5.46. The van der Waals surface area contributed by atoms with Crippen molar-refractivity contribution in [2.45, 2.75) is 4.90 Å². The quantitative estimate of drug-likeness (QED) is 0.774. The fraction of sp³-hybridized carbons (Fsp3) is 0.125. The summed E-state index contributed by atoms with van der Waals surface area (Å²) in [5, 5.41) is 0.448. The van der Waals surface area contributed by atoms with Crippen molar-refractivity contribution < 1.29 is 13.2 Å². The molecule has 0 fully saturated rings. The normalized spacial score (nSPS) is 11.3. The molecule has 0 bridgehead atoms. The highest BCUT2D eigenvalue weighted by molar-refractivity contribution is 7.92. The molecule has 0 aliphatic carbocycles. The van der Waals surface area contributed by atoms with Gasteiger partial charge in [-0.3, -0.25) is 0 Å². The second kappa shape index (κ2) is 4.29. The molecule has 0 spiro atoms. The number of rotatable bonds is 3. The summed E-state index contributed by atoms with van der Waals surface area (Å²) >= 11 is 11.2. The lowest BCUT2D eigenvalue weighted by molar-refractivity contribution is -0.105. The summed E-state index contributed by atoms with van der Waals surface area (Å²) in [6.07, 6.45) is 0.324. The van der Waals surface area contributed by atoms with Crippen LogP contribution in [0.1, 0.15) is 0 Å². The molecule has 6 heteroatoms. The minimum atomic E-state index is -3.59. The van der Waals surface area contributed by atoms with E-state index < -0.39 is 15.6 Å². The van der Waals surface area contributed by atoms with E-state index in [0.717, 1.165) is 0 Å². The first kappa shape index (κ1) is 11.5. The number of sulfone groups is 1. The van der Waals surface area contributed by atoms with Crippen molar-refractivity contribution in [3.63, 3.8) is 0 Å². The average molecular weight is 253 g/mol. The predicted molar refractivity (Wildman–Crippen MR) is 54.6 cm³/mol. The maximum absolute atomic E-state index is 11.4. The van der Waals surface area contributed by atoms with E-state index in [1.807, 2.05) is 0 Å². The Balaban J connectivity index is 3.26. The van der Waals surface area contributed by atoms with E-state index >= 15 is 0 Å². The van der Waals surface area contributed by atoms with Crippen LogP contribution in [0, 0.1) is 0 Å². The zero-order valence-corrected chi connectivity index (χ0v) is 9.23. The van der Waals surface area contributed by atoms with Crippen LogP contribution in [-0.2, 0) is 14.6 Å². The summed E-state index contributed by atoms with van der Waals surface area (Å²) in [4.78, 5) is 10.1. The van der Waals surface area contributed by atoms with Crippen LogP contribution < -0.4 is 0 Å². The van der Waals surface area contributed by atoms with Gasteiger partial charge in [0.2, 0.25) is 0 Å². The van der Waals surface area contributed by atoms with Gasteiger partial charge in [-0.05, 0) is 18.2 Å². The molecule has 0 unspecified atom stereocenters. The maximum atomic E-state index is 11.4. The van der Waals surface area contributed by atoms with E-state index in [2.05, 4.69) is 0 Å². The summed E-state index contributed by atoms with van der Waals surface area (Å²) in [5.41, 5.74) is 0. The highest BCUT2D eigenvalue weighted by Crippen LogP contribution is 2.22. The molecule has 0 heterocycles. The molecular weight excluding hydrogens is 247 g/mol. The first-order valence-corrected chi connectivity index (χ1v) is 5.99. The van der Waals surface area contributed by atoms with Crippen molar-refractivity contribution in [1.82, 2.24) is 0 Å². The molecule has 76 valence electrons. The molecule has 0 saturated carbocycles. The lowest BCUT2D eigenvalue weighted by Gasteiger charge is -2.01. The third-order valence-corrected chi connectivity index (χ3v) is 3.45. The molecule has 3 nitrogen and oxygen atoms in total. The Labute approximate surface area is 91.6 Å². The fourth-order valence-electron chi connectivity index (χ4n) is 0.894. The minimum Gasteiger partial charge on any atom is -0.302 e. The van der Waals surface area contributed by atoms with Crippen molar-refractivity contribution >= 4 is 39.3 Å². The summed E-state index contributed by atoms with van der Waals surface area (Å²) in [5.74, 6) is -0.566. The third kappa shape index (κ3) is 2.70. The van der Waals surface area contributed by atoms with Crippen LogP contribution in [0.2, 0.25) is 10.0 Å². The van der Waals surface area contributed by atoms with Gasteiger partial charge in [-0.25, -0.2) is 8.42 Å². The van der Waals surface area contributed by atoms with Crippen LogP contribution >= 0.6 is 23.2 Å². The second-order valence-electron chi connectivity index (χ2n) is 2.55. The first-order chi connectivity index (χ1) is 6.45. The van der Waals surface area contributed by atoms with Gasteiger partial charge in [-0.2, -0.15) is 0 Å². The molecule has 14 heavy (non-hydrogen) atoms. The largest absolute Gasteiger partial charge is 0.302 e. The number of benzene rings is 1. The van der Waals surface area contributed by atoms with Gasteiger partial charge in [-0.15, -0.1) is 0 Å². The molecule has 0 atom stereocenters. The zero-order chi connectivity index (χ0) is 10.8. The van der Waals surface area contributed by atoms with Gasteiger partial charge in [-0.1, -0.05) is 23.2 Å². The van der Waals surface area contributed by atoms with E-state index in [0.29, 0.717) is 6.29 Å². The highest BCUT2D eigenvalue weighted by atomic mass is 35.5. The molecular formula is C8H6Cl2O3S. The van der Waals surface area contributed by atoms with Crippen LogP contribution in [0.4, 0.5) is 0 Å². The molecule has 1 aromatic rings. The van der Waals surface area contributed by atoms with Crippen molar-refractivity contribution in [2.75, 3.05) is 5.75 Å². The maximum Gasteiger partial charge on any atom is 0.185 e. The predicted octanol–water partition coefficient (Wildman–Crippen LogP) is 1.97. The van der Waals surface area contributed by atoms with Gasteiger partial charge < -0.3 is 4.79 Å². The lowest BCUT2D eigenvalue weighted by Crippen LogP contribution is -2.07. The lowest BCUT2D eigenvalue weighted by atomic mass is 10.4. The molecule has 1 rings (SSSR count). The monoisotopic (exact) mass is 252 g/mol. The van der Waals surface area contributed by atoms with Crippen LogP contribution in [0.25, 0.3) is 0 Å². The number of carbonyl (C=O) groups is 1. The molecule has 0 N–H and O–H groups in total. The number of aldehydes is 1. The Morgan fingerprint density at radius 2 is 1.64 bits per heavy atom. The third-order valence-electron chi connectivity index (χ3n) is 1.48. The van der Waals surface area contributed by atoms with Crippen LogP contribution in [0.15, 0.2) is 23.1 Å². The Kier molecular flexibility index (Phi) is 3.53. The topological polar surface area (TPSA) is 51.2 Å². The Hall–Kier alpha value is -0.580. The Bertz CT molecular complexity index is 433. The van der Waals surface area contributed by atoms with E-state index in [1.54, 1.807) is 0 Å². The molecule has 0 amide bonds. The van der Waals surface area contributed by atoms with E-state index in [-0.39, 0.29) is 14.9 Å². The van der Waals surface area contributed by atoms with Gasteiger partial charge in [0.25, 0.3) is 0 Å². The van der Waals surface area contributed by atoms with E-state index in [9.17, 15) is 13.2 Å². The Morgan fingerprint density at radius 3 is 2.07 bits per heavy atom. The van der Waals surface area contributed by atoms with E-state index in [4.69, 9.17) is 23.2 Å². The molecule has 1 aromatic carbocycles. The van der Waals surface area contributed by atoms with Gasteiger partial charge in [0.05, 0.1) is 4.90 Å². The number of halogens is 2. The van der Waals surface area contributed by atoms with Gasteiger partial charge in [0.15, 0.2) is 9.84 Å². The highest BCUT2D eigenvalue weighted by Gasteiger charge is 2.14. The smallest absolute Gasteiger partial charge is 0.185 e. The molecule has 0 aromatic heterocycles. The zero-order valence-electron chi connectivity index (χ0n) is 6.91. The summed E-state index contributed by atoms with van der Waals surface area (Å²) in [6.45, 7) is 0. The number of hydrogen-bond donors (Lipinski definition) is 0. The summed E-state index contributed by atoms with van der Waals surface area (Å²) < 4.78 is 22.8. The van der Waals surface area contributed by atoms with E-state index in [1.165, 1.54) is 18.2 Å². The fourth-order valence-corrected chi connectivity index (χ4v) is 2.53. The molecule has 0 saturated heterocycles. The van der Waals surface area contributed by atoms with Crippen LogP contribution in [0.3, 0.4) is 0 Å². The molecule has 0 aliphatic heterocycles. The van der Waals surface area contributed by atoms with Crippen molar-refractivity contribution in [3.8, 4) is 0 Å².